The van der Waals surface area contributed by atoms with Crippen molar-refractivity contribution in [3.63, 3.8) is 0 Å². The van der Waals surface area contributed by atoms with Gasteiger partial charge in [-0.15, -0.1) is 0 Å². The van der Waals surface area contributed by atoms with Gasteiger partial charge in [0.25, 0.3) is 0 Å². The lowest BCUT2D eigenvalue weighted by atomic mass is 10.1. The lowest BCUT2D eigenvalue weighted by Crippen LogP contribution is -2.40. The Morgan fingerprint density at radius 2 is 2.00 bits per heavy atom. The number of carboxylic acids is 2. The van der Waals surface area contributed by atoms with Gasteiger partial charge < -0.3 is 15.1 Å². The Morgan fingerprint density at radius 3 is 2.50 bits per heavy atom. The van der Waals surface area contributed by atoms with Gasteiger partial charge in [0.2, 0.25) is 0 Å². The van der Waals surface area contributed by atoms with Crippen LogP contribution in [0.5, 0.6) is 0 Å². The first kappa shape index (κ1) is 14.0. The van der Waals surface area contributed by atoms with E-state index in [0.717, 1.165) is 11.3 Å². The molecule has 1 aromatic carbocycles. The van der Waals surface area contributed by atoms with Gasteiger partial charge in [-0.2, -0.15) is 0 Å². The van der Waals surface area contributed by atoms with E-state index in [2.05, 4.69) is 0 Å². The van der Waals surface area contributed by atoms with Crippen molar-refractivity contribution < 1.29 is 19.8 Å². The van der Waals surface area contributed by atoms with Crippen LogP contribution in [0.2, 0.25) is 0 Å². The van der Waals surface area contributed by atoms with Crippen molar-refractivity contribution in [1.29, 1.82) is 0 Å². The maximum absolute atomic E-state index is 11.1. The summed E-state index contributed by atoms with van der Waals surface area (Å²) in [5, 5.41) is 17.8. The van der Waals surface area contributed by atoms with Crippen LogP contribution < -0.4 is 4.90 Å². The molecule has 98 valence electrons. The van der Waals surface area contributed by atoms with Gasteiger partial charge in [0.05, 0.1) is 6.42 Å². The number of nitrogens with zero attached hydrogens (tertiary/aromatic N) is 1. The van der Waals surface area contributed by atoms with Gasteiger partial charge >= 0.3 is 11.9 Å². The van der Waals surface area contributed by atoms with E-state index >= 15 is 0 Å². The Morgan fingerprint density at radius 1 is 1.33 bits per heavy atom. The third-order valence-electron chi connectivity index (χ3n) is 2.72. The molecule has 0 aliphatic rings. The first-order chi connectivity index (χ1) is 8.41. The zero-order valence-electron chi connectivity index (χ0n) is 10.5. The Bertz CT molecular complexity index is 444. The topological polar surface area (TPSA) is 77.8 Å². The van der Waals surface area contributed by atoms with Gasteiger partial charge in [0, 0.05) is 12.2 Å². The molecular weight excluding hydrogens is 234 g/mol. The molecular formula is C13H17NO4. The normalized spacial score (nSPS) is 11.9. The highest BCUT2D eigenvalue weighted by Crippen LogP contribution is 2.19. The molecule has 0 fully saturated rings. The number of carbonyl (C=O) groups is 2. The van der Waals surface area contributed by atoms with E-state index in [-0.39, 0.29) is 13.0 Å². The van der Waals surface area contributed by atoms with Crippen molar-refractivity contribution in [2.45, 2.75) is 26.3 Å². The van der Waals surface area contributed by atoms with Crippen LogP contribution in [0.3, 0.4) is 0 Å². The van der Waals surface area contributed by atoms with E-state index in [9.17, 15) is 9.59 Å². The molecule has 0 aliphatic heterocycles. The van der Waals surface area contributed by atoms with E-state index in [1.807, 2.05) is 25.1 Å². The molecule has 1 rings (SSSR count). The van der Waals surface area contributed by atoms with Crippen LogP contribution in [0.25, 0.3) is 0 Å². The predicted octanol–water partition coefficient (Wildman–Crippen LogP) is 1.75. The maximum atomic E-state index is 11.1. The van der Waals surface area contributed by atoms with E-state index < -0.39 is 18.0 Å². The summed E-state index contributed by atoms with van der Waals surface area (Å²) in [5.74, 6) is -1.91. The fourth-order valence-corrected chi connectivity index (χ4v) is 1.70. The highest BCUT2D eigenvalue weighted by atomic mass is 16.4. The van der Waals surface area contributed by atoms with E-state index in [4.69, 9.17) is 10.2 Å². The van der Waals surface area contributed by atoms with Gasteiger partial charge in [-0.05, 0) is 31.5 Å². The molecule has 0 radical (unpaired) electrons. The molecule has 2 N–H and O–H groups in total. The van der Waals surface area contributed by atoms with Crippen molar-refractivity contribution in [2.24, 2.45) is 0 Å². The van der Waals surface area contributed by atoms with Crippen molar-refractivity contribution in [3.05, 3.63) is 29.8 Å². The summed E-state index contributed by atoms with van der Waals surface area (Å²) in [6.45, 7) is 3.63. The highest BCUT2D eigenvalue weighted by molar-refractivity contribution is 5.78. The molecule has 1 atom stereocenters. The number of hydrogen-bond donors (Lipinski definition) is 2. The van der Waals surface area contributed by atoms with Gasteiger partial charge in [-0.25, -0.2) is 4.79 Å². The van der Waals surface area contributed by atoms with Crippen molar-refractivity contribution >= 4 is 17.6 Å². The van der Waals surface area contributed by atoms with Crippen LogP contribution in [0.4, 0.5) is 5.69 Å². The summed E-state index contributed by atoms with van der Waals surface area (Å²) >= 11 is 0. The minimum atomic E-state index is -0.970. The summed E-state index contributed by atoms with van der Waals surface area (Å²) < 4.78 is 0. The van der Waals surface area contributed by atoms with Crippen LogP contribution in [0.1, 0.15) is 18.9 Å². The quantitative estimate of drug-likeness (QED) is 0.805. The fraction of sp³-hybridized carbons (Fsp3) is 0.385. The minimum Gasteiger partial charge on any atom is -0.481 e. The largest absolute Gasteiger partial charge is 0.481 e. The fourth-order valence-electron chi connectivity index (χ4n) is 1.70. The molecule has 0 saturated carbocycles. The monoisotopic (exact) mass is 251 g/mol. The first-order valence-corrected chi connectivity index (χ1v) is 5.69. The lowest BCUT2D eigenvalue weighted by molar-refractivity contribution is -0.139. The van der Waals surface area contributed by atoms with E-state index in [1.165, 1.54) is 0 Å². The van der Waals surface area contributed by atoms with Crippen molar-refractivity contribution in [3.8, 4) is 0 Å². The predicted molar refractivity (Wildman–Crippen MR) is 67.9 cm³/mol. The van der Waals surface area contributed by atoms with E-state index in [0.29, 0.717) is 0 Å². The molecule has 0 bridgehead atoms. The molecule has 5 heteroatoms. The van der Waals surface area contributed by atoms with Crippen LogP contribution >= 0.6 is 0 Å². The summed E-state index contributed by atoms with van der Waals surface area (Å²) in [7, 11) is 0. The Balaban J connectivity index is 2.96. The van der Waals surface area contributed by atoms with Crippen molar-refractivity contribution in [2.75, 3.05) is 11.4 Å². The number of carboxylic acid groups (broad SMARTS) is 2. The molecule has 1 aromatic rings. The minimum absolute atomic E-state index is 0.0917. The third-order valence-corrected chi connectivity index (χ3v) is 2.72. The number of hydrogen-bond acceptors (Lipinski definition) is 3. The van der Waals surface area contributed by atoms with Crippen LogP contribution in [-0.2, 0) is 9.59 Å². The number of benzene rings is 1. The zero-order valence-corrected chi connectivity index (χ0v) is 10.5. The molecule has 0 aliphatic carbocycles. The van der Waals surface area contributed by atoms with Gasteiger partial charge in [-0.1, -0.05) is 12.1 Å². The average molecular weight is 251 g/mol. The standard InChI is InChI=1S/C13H17NO4/c1-9-4-3-5-11(8-9)14(7-6-12(15)16)10(2)13(17)18/h3-5,8,10H,6-7H2,1-2H3,(H,15,16)(H,17,18). The second-order valence-electron chi connectivity index (χ2n) is 4.19. The molecule has 1 unspecified atom stereocenters. The number of anilines is 1. The molecule has 0 heterocycles. The average Bonchev–Trinajstić information content (AvgIpc) is 2.28. The van der Waals surface area contributed by atoms with Gasteiger partial charge in [0.1, 0.15) is 6.04 Å². The van der Waals surface area contributed by atoms with Crippen LogP contribution in [0, 0.1) is 6.92 Å². The number of aryl methyl sites for hydroxylation is 1. The molecule has 0 amide bonds. The summed E-state index contributed by atoms with van der Waals surface area (Å²) in [4.78, 5) is 23.3. The molecule has 0 aromatic heterocycles. The van der Waals surface area contributed by atoms with Gasteiger partial charge in [0.15, 0.2) is 0 Å². The Labute approximate surface area is 106 Å². The zero-order chi connectivity index (χ0) is 13.7. The molecule has 5 nitrogen and oxygen atoms in total. The maximum Gasteiger partial charge on any atom is 0.326 e. The van der Waals surface area contributed by atoms with Crippen LogP contribution in [0.15, 0.2) is 24.3 Å². The molecule has 0 saturated heterocycles. The molecule has 18 heavy (non-hydrogen) atoms. The third kappa shape index (κ3) is 3.76. The second kappa shape index (κ2) is 6.05. The highest BCUT2D eigenvalue weighted by Gasteiger charge is 2.21. The summed E-state index contributed by atoms with van der Waals surface area (Å²) in [5.41, 5.74) is 1.73. The SMILES string of the molecule is Cc1cccc(N(CCC(=O)O)C(C)C(=O)O)c1. The van der Waals surface area contributed by atoms with E-state index in [1.54, 1.807) is 17.9 Å². The second-order valence-corrected chi connectivity index (χ2v) is 4.19. The smallest absolute Gasteiger partial charge is 0.326 e. The molecule has 0 spiro atoms. The van der Waals surface area contributed by atoms with Crippen molar-refractivity contribution in [1.82, 2.24) is 0 Å². The summed E-state index contributed by atoms with van der Waals surface area (Å²) in [6.07, 6.45) is -0.0917. The lowest BCUT2D eigenvalue weighted by Gasteiger charge is -2.28. The first-order valence-electron chi connectivity index (χ1n) is 5.69. The van der Waals surface area contributed by atoms with Crippen LogP contribution in [-0.4, -0.2) is 34.7 Å². The summed E-state index contributed by atoms with van der Waals surface area (Å²) in [6, 6.07) is 6.61. The number of rotatable bonds is 6. The Kier molecular flexibility index (Phi) is 4.71. The van der Waals surface area contributed by atoms with Gasteiger partial charge in [-0.3, -0.25) is 4.79 Å². The number of aliphatic carboxylic acids is 2. The Hall–Kier alpha value is -2.04.